The highest BCUT2D eigenvalue weighted by Gasteiger charge is 2.10. The van der Waals surface area contributed by atoms with E-state index in [2.05, 4.69) is 9.97 Å². The standard InChI is InChI=1S/C12H10N2O3S/c15-10(8-4-2-1-3-5-8)7-18-12-13-6-9(14-12)11(16)17/h1-6H,7H2,(H,13,14)(H,16,17). The molecule has 1 aromatic carbocycles. The highest BCUT2D eigenvalue weighted by Crippen LogP contribution is 2.15. The van der Waals surface area contributed by atoms with Gasteiger partial charge in [0.2, 0.25) is 0 Å². The molecule has 1 heterocycles. The Labute approximate surface area is 107 Å². The van der Waals surface area contributed by atoms with Crippen molar-refractivity contribution in [3.05, 3.63) is 47.8 Å². The second-order valence-electron chi connectivity index (χ2n) is 3.49. The number of thioether (sulfide) groups is 1. The number of aromatic carboxylic acids is 1. The third-order valence-corrected chi connectivity index (χ3v) is 3.11. The van der Waals surface area contributed by atoms with Gasteiger partial charge in [-0.25, -0.2) is 9.78 Å². The molecule has 0 bridgehead atoms. The van der Waals surface area contributed by atoms with Crippen molar-refractivity contribution in [3.8, 4) is 0 Å². The van der Waals surface area contributed by atoms with Gasteiger partial charge in [-0.2, -0.15) is 0 Å². The maximum Gasteiger partial charge on any atom is 0.353 e. The van der Waals surface area contributed by atoms with Crippen LogP contribution in [0, 0.1) is 0 Å². The first kappa shape index (κ1) is 12.4. The van der Waals surface area contributed by atoms with Crippen LogP contribution in [0.1, 0.15) is 20.8 Å². The van der Waals surface area contributed by atoms with Gasteiger partial charge in [0.05, 0.1) is 11.9 Å². The second kappa shape index (κ2) is 5.50. The summed E-state index contributed by atoms with van der Waals surface area (Å²) in [5.41, 5.74) is 0.652. The Morgan fingerprint density at radius 2 is 2.00 bits per heavy atom. The van der Waals surface area contributed by atoms with E-state index in [-0.39, 0.29) is 17.2 Å². The molecular formula is C12H10N2O3S. The van der Waals surface area contributed by atoms with Crippen molar-refractivity contribution in [3.63, 3.8) is 0 Å². The van der Waals surface area contributed by atoms with E-state index in [1.54, 1.807) is 24.3 Å². The van der Waals surface area contributed by atoms with Crippen LogP contribution in [0.15, 0.2) is 41.7 Å². The zero-order valence-corrected chi connectivity index (χ0v) is 10.1. The van der Waals surface area contributed by atoms with E-state index in [4.69, 9.17) is 5.11 Å². The molecule has 5 nitrogen and oxygen atoms in total. The lowest BCUT2D eigenvalue weighted by molar-refractivity contribution is 0.0690. The number of hydrogen-bond acceptors (Lipinski definition) is 4. The van der Waals surface area contributed by atoms with Crippen LogP contribution in [0.3, 0.4) is 0 Å². The van der Waals surface area contributed by atoms with Crippen LogP contribution >= 0.6 is 11.8 Å². The molecule has 2 rings (SSSR count). The van der Waals surface area contributed by atoms with Gasteiger partial charge in [0.25, 0.3) is 0 Å². The average Bonchev–Trinajstić information content (AvgIpc) is 2.86. The molecule has 18 heavy (non-hydrogen) atoms. The Bertz CT molecular complexity index is 566. The van der Waals surface area contributed by atoms with E-state index in [0.717, 1.165) is 0 Å². The number of carbonyl (C=O) groups is 2. The van der Waals surface area contributed by atoms with Crippen molar-refractivity contribution >= 4 is 23.5 Å². The van der Waals surface area contributed by atoms with Gasteiger partial charge in [-0.15, -0.1) is 0 Å². The van der Waals surface area contributed by atoms with Crippen LogP contribution in [0.5, 0.6) is 0 Å². The third-order valence-electron chi connectivity index (χ3n) is 2.22. The largest absolute Gasteiger partial charge is 0.477 e. The molecule has 0 aliphatic rings. The molecule has 0 aliphatic heterocycles. The van der Waals surface area contributed by atoms with Crippen molar-refractivity contribution < 1.29 is 14.7 Å². The first-order valence-corrected chi connectivity index (χ1v) is 6.14. The van der Waals surface area contributed by atoms with Crippen LogP contribution < -0.4 is 0 Å². The first-order chi connectivity index (χ1) is 8.66. The van der Waals surface area contributed by atoms with E-state index in [9.17, 15) is 9.59 Å². The normalized spacial score (nSPS) is 10.2. The Hall–Kier alpha value is -2.08. The average molecular weight is 262 g/mol. The lowest BCUT2D eigenvalue weighted by Crippen LogP contribution is -2.02. The summed E-state index contributed by atoms with van der Waals surface area (Å²) in [7, 11) is 0. The van der Waals surface area contributed by atoms with Crippen LogP contribution in [-0.2, 0) is 0 Å². The molecule has 0 aliphatic carbocycles. The first-order valence-electron chi connectivity index (χ1n) is 5.16. The van der Waals surface area contributed by atoms with Gasteiger partial charge < -0.3 is 10.1 Å². The predicted octanol–water partition coefficient (Wildman–Crippen LogP) is 2.08. The molecule has 0 atom stereocenters. The molecule has 1 aromatic heterocycles. The van der Waals surface area contributed by atoms with Crippen molar-refractivity contribution in [2.24, 2.45) is 0 Å². The highest BCUT2D eigenvalue weighted by molar-refractivity contribution is 7.99. The van der Waals surface area contributed by atoms with Gasteiger partial charge in [0.1, 0.15) is 5.69 Å². The molecule has 0 radical (unpaired) electrons. The monoisotopic (exact) mass is 262 g/mol. The SMILES string of the molecule is O=C(CSc1ncc(C(=O)O)[nH]1)c1ccccc1. The zero-order chi connectivity index (χ0) is 13.0. The quantitative estimate of drug-likeness (QED) is 0.636. The minimum Gasteiger partial charge on any atom is -0.477 e. The molecular weight excluding hydrogens is 252 g/mol. The lowest BCUT2D eigenvalue weighted by atomic mass is 10.2. The van der Waals surface area contributed by atoms with E-state index in [1.807, 2.05) is 6.07 Å². The van der Waals surface area contributed by atoms with E-state index in [1.165, 1.54) is 18.0 Å². The van der Waals surface area contributed by atoms with Crippen LogP contribution in [0.2, 0.25) is 0 Å². The fourth-order valence-electron chi connectivity index (χ4n) is 1.33. The van der Waals surface area contributed by atoms with Crippen LogP contribution in [0.4, 0.5) is 0 Å². The minimum atomic E-state index is -1.07. The predicted molar refractivity (Wildman–Crippen MR) is 67.0 cm³/mol. The fourth-order valence-corrected chi connectivity index (χ4v) is 2.07. The van der Waals surface area contributed by atoms with Crippen LogP contribution in [-0.4, -0.2) is 32.6 Å². The maximum atomic E-state index is 11.8. The molecule has 2 N–H and O–H groups in total. The number of benzene rings is 1. The summed E-state index contributed by atoms with van der Waals surface area (Å²) in [6.07, 6.45) is 1.23. The number of carbonyl (C=O) groups excluding carboxylic acids is 1. The lowest BCUT2D eigenvalue weighted by Gasteiger charge is -1.98. The van der Waals surface area contributed by atoms with Gasteiger partial charge in [0.15, 0.2) is 10.9 Å². The Kier molecular flexibility index (Phi) is 3.78. The Morgan fingerprint density at radius 3 is 2.61 bits per heavy atom. The molecule has 0 fully saturated rings. The number of nitrogens with zero attached hydrogens (tertiary/aromatic N) is 1. The van der Waals surface area contributed by atoms with Gasteiger partial charge in [0, 0.05) is 5.56 Å². The van der Waals surface area contributed by atoms with Crippen molar-refractivity contribution in [1.29, 1.82) is 0 Å². The molecule has 6 heteroatoms. The Morgan fingerprint density at radius 1 is 1.28 bits per heavy atom. The number of hydrogen-bond donors (Lipinski definition) is 2. The van der Waals surface area contributed by atoms with Gasteiger partial charge in [-0.1, -0.05) is 42.1 Å². The molecule has 92 valence electrons. The van der Waals surface area contributed by atoms with Crippen molar-refractivity contribution in [1.82, 2.24) is 9.97 Å². The maximum absolute atomic E-state index is 11.8. The topological polar surface area (TPSA) is 83.1 Å². The number of carboxylic acid groups (broad SMARTS) is 1. The van der Waals surface area contributed by atoms with Gasteiger partial charge >= 0.3 is 5.97 Å². The van der Waals surface area contributed by atoms with Crippen molar-refractivity contribution in [2.75, 3.05) is 5.75 Å². The number of aromatic amines is 1. The molecule has 0 spiro atoms. The smallest absolute Gasteiger partial charge is 0.353 e. The number of Topliss-reactive ketones (excluding diaryl/α,β-unsaturated/α-hetero) is 1. The number of rotatable bonds is 5. The summed E-state index contributed by atoms with van der Waals surface area (Å²) >= 11 is 1.18. The second-order valence-corrected chi connectivity index (χ2v) is 4.45. The summed E-state index contributed by atoms with van der Waals surface area (Å²) in [5.74, 6) is -0.867. The number of H-pyrrole nitrogens is 1. The number of carboxylic acids is 1. The van der Waals surface area contributed by atoms with E-state index < -0.39 is 5.97 Å². The molecule has 0 saturated heterocycles. The fraction of sp³-hybridized carbons (Fsp3) is 0.0833. The molecule has 2 aromatic rings. The Balaban J connectivity index is 1.95. The number of imidazole rings is 1. The minimum absolute atomic E-state index is 0.0182. The number of nitrogens with one attached hydrogen (secondary N) is 1. The number of ketones is 1. The molecule has 0 unspecified atom stereocenters. The van der Waals surface area contributed by atoms with Gasteiger partial charge in [-0.05, 0) is 0 Å². The number of aromatic nitrogens is 2. The molecule has 0 amide bonds. The van der Waals surface area contributed by atoms with E-state index >= 15 is 0 Å². The summed E-state index contributed by atoms with van der Waals surface area (Å²) in [6.45, 7) is 0. The summed E-state index contributed by atoms with van der Waals surface area (Å²) in [6, 6.07) is 8.93. The zero-order valence-electron chi connectivity index (χ0n) is 9.29. The van der Waals surface area contributed by atoms with Gasteiger partial charge in [-0.3, -0.25) is 4.79 Å². The summed E-state index contributed by atoms with van der Waals surface area (Å²) in [5, 5.41) is 9.13. The highest BCUT2D eigenvalue weighted by atomic mass is 32.2. The summed E-state index contributed by atoms with van der Waals surface area (Å²) < 4.78 is 0. The van der Waals surface area contributed by atoms with Crippen LogP contribution in [0.25, 0.3) is 0 Å². The van der Waals surface area contributed by atoms with E-state index in [0.29, 0.717) is 10.7 Å². The third kappa shape index (κ3) is 2.98. The summed E-state index contributed by atoms with van der Waals surface area (Å²) in [4.78, 5) is 28.9. The van der Waals surface area contributed by atoms with Crippen molar-refractivity contribution in [2.45, 2.75) is 5.16 Å². The molecule has 0 saturated carbocycles.